The molecule has 3 nitrogen and oxygen atoms in total. The number of aromatic amines is 1. The molecule has 0 radical (unpaired) electrons. The molecule has 0 unspecified atom stereocenters. The zero-order valence-corrected chi connectivity index (χ0v) is 11.0. The van der Waals surface area contributed by atoms with E-state index < -0.39 is 0 Å². The van der Waals surface area contributed by atoms with Crippen LogP contribution < -0.4 is 0 Å². The first kappa shape index (κ1) is 11.2. The van der Waals surface area contributed by atoms with E-state index in [1.54, 1.807) is 0 Å². The van der Waals surface area contributed by atoms with E-state index in [-0.39, 0.29) is 5.92 Å². The van der Waals surface area contributed by atoms with E-state index in [9.17, 15) is 4.79 Å². The maximum absolute atomic E-state index is 12.1. The molecule has 0 spiro atoms. The first-order chi connectivity index (χ1) is 9.31. The molecule has 2 saturated carbocycles. The molecule has 1 aromatic carbocycles. The topological polar surface area (TPSA) is 45.8 Å². The molecule has 2 aliphatic rings. The van der Waals surface area contributed by atoms with Crippen LogP contribution in [0.1, 0.15) is 60.6 Å². The van der Waals surface area contributed by atoms with Gasteiger partial charge in [0.1, 0.15) is 5.82 Å². The van der Waals surface area contributed by atoms with Crippen LogP contribution in [0, 0.1) is 5.92 Å². The Balaban J connectivity index is 1.70. The average Bonchev–Trinajstić information content (AvgIpc) is 2.98. The van der Waals surface area contributed by atoms with Crippen molar-refractivity contribution < 1.29 is 4.79 Å². The number of aromatic nitrogens is 2. The number of ketones is 1. The standard InChI is InChI=1S/C16H18N2O/c19-15(10-5-6-10)12-7-8-13-14(9-12)18-16(17-13)11-3-1-2-4-11/h7-11H,1-6H2,(H,17,18). The maximum Gasteiger partial charge on any atom is 0.166 e. The minimum Gasteiger partial charge on any atom is -0.342 e. The number of carbonyl (C=O) groups is 1. The highest BCUT2D eigenvalue weighted by molar-refractivity contribution is 6.01. The number of benzene rings is 1. The SMILES string of the molecule is O=C(c1ccc2nc(C3CCCC3)[nH]c2c1)C1CC1. The largest absolute Gasteiger partial charge is 0.342 e. The van der Waals surface area contributed by atoms with Gasteiger partial charge in [-0.25, -0.2) is 4.98 Å². The summed E-state index contributed by atoms with van der Waals surface area (Å²) in [5.74, 6) is 2.30. The molecule has 3 heteroatoms. The lowest BCUT2D eigenvalue weighted by Gasteiger charge is -2.02. The molecule has 0 amide bonds. The van der Waals surface area contributed by atoms with Gasteiger partial charge in [0, 0.05) is 17.4 Å². The van der Waals surface area contributed by atoms with Crippen molar-refractivity contribution in [3.63, 3.8) is 0 Å². The Morgan fingerprint density at radius 1 is 1.16 bits per heavy atom. The predicted molar refractivity (Wildman–Crippen MR) is 74.4 cm³/mol. The number of Topliss-reactive ketones (excluding diaryl/α,β-unsaturated/α-hetero) is 1. The summed E-state index contributed by atoms with van der Waals surface area (Å²) in [5, 5.41) is 0. The van der Waals surface area contributed by atoms with Crippen LogP contribution in [0.25, 0.3) is 11.0 Å². The summed E-state index contributed by atoms with van der Waals surface area (Å²) < 4.78 is 0. The minimum atomic E-state index is 0.287. The molecule has 0 atom stereocenters. The Hall–Kier alpha value is -1.64. The Morgan fingerprint density at radius 3 is 2.68 bits per heavy atom. The summed E-state index contributed by atoms with van der Waals surface area (Å²) in [6.45, 7) is 0. The second-order valence-corrected chi connectivity index (χ2v) is 5.97. The van der Waals surface area contributed by atoms with Gasteiger partial charge in [-0.15, -0.1) is 0 Å². The average molecular weight is 254 g/mol. The number of fused-ring (bicyclic) bond motifs is 1. The van der Waals surface area contributed by atoms with Crippen molar-refractivity contribution in [2.75, 3.05) is 0 Å². The first-order valence-electron chi connectivity index (χ1n) is 7.35. The molecule has 19 heavy (non-hydrogen) atoms. The second kappa shape index (κ2) is 4.19. The molecule has 1 heterocycles. The van der Waals surface area contributed by atoms with Gasteiger partial charge in [0.2, 0.25) is 0 Å². The summed E-state index contributed by atoms with van der Waals surface area (Å²) in [5.41, 5.74) is 2.86. The highest BCUT2D eigenvalue weighted by atomic mass is 16.1. The first-order valence-corrected chi connectivity index (χ1v) is 7.35. The van der Waals surface area contributed by atoms with Crippen molar-refractivity contribution in [2.24, 2.45) is 5.92 Å². The number of rotatable bonds is 3. The molecule has 0 aliphatic heterocycles. The van der Waals surface area contributed by atoms with Crippen molar-refractivity contribution in [3.8, 4) is 0 Å². The maximum atomic E-state index is 12.1. The quantitative estimate of drug-likeness (QED) is 0.846. The van der Waals surface area contributed by atoms with Crippen molar-refractivity contribution >= 4 is 16.8 Å². The van der Waals surface area contributed by atoms with Gasteiger partial charge in [0.25, 0.3) is 0 Å². The van der Waals surface area contributed by atoms with Gasteiger partial charge in [-0.1, -0.05) is 12.8 Å². The minimum absolute atomic E-state index is 0.287. The number of nitrogens with zero attached hydrogens (tertiary/aromatic N) is 1. The second-order valence-electron chi connectivity index (χ2n) is 5.97. The summed E-state index contributed by atoms with van der Waals surface area (Å²) >= 11 is 0. The van der Waals surface area contributed by atoms with Crippen molar-refractivity contribution in [1.82, 2.24) is 9.97 Å². The van der Waals surface area contributed by atoms with Gasteiger partial charge >= 0.3 is 0 Å². The van der Waals surface area contributed by atoms with Crippen molar-refractivity contribution in [3.05, 3.63) is 29.6 Å². The fourth-order valence-corrected chi connectivity index (χ4v) is 3.16. The molecule has 2 aromatic rings. The third kappa shape index (κ3) is 1.97. The highest BCUT2D eigenvalue weighted by Gasteiger charge is 2.30. The lowest BCUT2D eigenvalue weighted by atomic mass is 10.1. The normalized spacial score (nSPS) is 20.2. The molecular weight excluding hydrogens is 236 g/mol. The number of imidazole rings is 1. The van der Waals surface area contributed by atoms with Gasteiger partial charge in [0.05, 0.1) is 11.0 Å². The van der Waals surface area contributed by atoms with Crippen molar-refractivity contribution in [1.29, 1.82) is 0 Å². The van der Waals surface area contributed by atoms with E-state index in [4.69, 9.17) is 0 Å². The van der Waals surface area contributed by atoms with Crippen LogP contribution in [0.2, 0.25) is 0 Å². The van der Waals surface area contributed by atoms with Crippen LogP contribution in [0.3, 0.4) is 0 Å². The fourth-order valence-electron chi connectivity index (χ4n) is 3.16. The van der Waals surface area contributed by atoms with Crippen molar-refractivity contribution in [2.45, 2.75) is 44.4 Å². The Kier molecular flexibility index (Phi) is 2.47. The number of hydrogen-bond donors (Lipinski definition) is 1. The van der Waals surface area contributed by atoms with Crippen LogP contribution in [-0.4, -0.2) is 15.8 Å². The van der Waals surface area contributed by atoms with E-state index in [0.29, 0.717) is 11.7 Å². The van der Waals surface area contributed by atoms with Gasteiger partial charge in [0.15, 0.2) is 5.78 Å². The molecular formula is C16H18N2O. The van der Waals surface area contributed by atoms with E-state index in [0.717, 1.165) is 35.3 Å². The van der Waals surface area contributed by atoms with E-state index >= 15 is 0 Å². The van der Waals surface area contributed by atoms with Gasteiger partial charge in [-0.3, -0.25) is 4.79 Å². The van der Waals surface area contributed by atoms with E-state index in [2.05, 4.69) is 9.97 Å². The molecule has 1 N–H and O–H groups in total. The Labute approximate surface area is 112 Å². The molecule has 2 fully saturated rings. The van der Waals surface area contributed by atoms with E-state index in [1.807, 2.05) is 18.2 Å². The Morgan fingerprint density at radius 2 is 1.95 bits per heavy atom. The number of nitrogens with one attached hydrogen (secondary N) is 1. The molecule has 0 saturated heterocycles. The lowest BCUT2D eigenvalue weighted by Crippen LogP contribution is -2.00. The Bertz CT molecular complexity index is 633. The molecule has 2 aliphatic carbocycles. The summed E-state index contributed by atoms with van der Waals surface area (Å²) in [6.07, 6.45) is 7.24. The predicted octanol–water partition coefficient (Wildman–Crippen LogP) is 3.81. The smallest absolute Gasteiger partial charge is 0.166 e. The third-order valence-electron chi connectivity index (χ3n) is 4.47. The summed E-state index contributed by atoms with van der Waals surface area (Å²) in [6, 6.07) is 5.91. The van der Waals surface area contributed by atoms with Gasteiger partial charge in [-0.2, -0.15) is 0 Å². The zero-order chi connectivity index (χ0) is 12.8. The number of carbonyl (C=O) groups excluding carboxylic acids is 1. The monoisotopic (exact) mass is 254 g/mol. The van der Waals surface area contributed by atoms with E-state index in [1.165, 1.54) is 25.7 Å². The fraction of sp³-hybridized carbons (Fsp3) is 0.500. The van der Waals surface area contributed by atoms with Gasteiger partial charge in [-0.05, 0) is 43.9 Å². The van der Waals surface area contributed by atoms with Crippen LogP contribution in [0.4, 0.5) is 0 Å². The summed E-state index contributed by atoms with van der Waals surface area (Å²) in [4.78, 5) is 20.2. The van der Waals surface area contributed by atoms with Crippen LogP contribution in [-0.2, 0) is 0 Å². The molecule has 98 valence electrons. The number of hydrogen-bond acceptors (Lipinski definition) is 2. The number of H-pyrrole nitrogens is 1. The lowest BCUT2D eigenvalue weighted by molar-refractivity contribution is 0.0968. The van der Waals surface area contributed by atoms with Gasteiger partial charge < -0.3 is 4.98 Å². The highest BCUT2D eigenvalue weighted by Crippen LogP contribution is 2.35. The van der Waals surface area contributed by atoms with Crippen LogP contribution in [0.15, 0.2) is 18.2 Å². The molecule has 1 aromatic heterocycles. The molecule has 4 rings (SSSR count). The molecule has 0 bridgehead atoms. The summed E-state index contributed by atoms with van der Waals surface area (Å²) in [7, 11) is 0. The zero-order valence-electron chi connectivity index (χ0n) is 11.0. The third-order valence-corrected chi connectivity index (χ3v) is 4.47. The van der Waals surface area contributed by atoms with Crippen LogP contribution in [0.5, 0.6) is 0 Å². The van der Waals surface area contributed by atoms with Crippen LogP contribution >= 0.6 is 0 Å².